The van der Waals surface area contributed by atoms with Gasteiger partial charge in [-0.2, -0.15) is 0 Å². The average molecular weight is 387 g/mol. The summed E-state index contributed by atoms with van der Waals surface area (Å²) in [6.07, 6.45) is 1.53. The Hall–Kier alpha value is -2.14. The van der Waals surface area contributed by atoms with Gasteiger partial charge in [0.25, 0.3) is 5.91 Å². The monoisotopic (exact) mass is 386 g/mol. The van der Waals surface area contributed by atoms with Gasteiger partial charge < -0.3 is 9.64 Å². The first-order valence-electron chi connectivity index (χ1n) is 8.32. The predicted molar refractivity (Wildman–Crippen MR) is 103 cm³/mol. The summed E-state index contributed by atoms with van der Waals surface area (Å²) in [6.45, 7) is 1.51. The van der Waals surface area contributed by atoms with Crippen molar-refractivity contribution in [2.45, 2.75) is 6.10 Å². The molecule has 1 atom stereocenters. The second-order valence-electron chi connectivity index (χ2n) is 6.20. The predicted octanol–water partition coefficient (Wildman–Crippen LogP) is 4.76. The Bertz CT molecular complexity index is 977. The number of carbonyl (C=O) groups is 1. The summed E-state index contributed by atoms with van der Waals surface area (Å²) in [5.74, 6) is -0.0101. The van der Waals surface area contributed by atoms with Gasteiger partial charge in [0.15, 0.2) is 0 Å². The number of nitrogens with zero attached hydrogens (tertiary/aromatic N) is 2. The van der Waals surface area contributed by atoms with E-state index in [4.69, 9.17) is 27.9 Å². The first-order valence-corrected chi connectivity index (χ1v) is 9.08. The lowest BCUT2D eigenvalue weighted by Gasteiger charge is -2.33. The van der Waals surface area contributed by atoms with Crippen LogP contribution in [0.2, 0.25) is 10.0 Å². The molecule has 6 heteroatoms. The van der Waals surface area contributed by atoms with Gasteiger partial charge >= 0.3 is 0 Å². The molecule has 1 fully saturated rings. The molecule has 3 aromatic rings. The number of halogens is 2. The van der Waals surface area contributed by atoms with E-state index in [0.717, 1.165) is 16.5 Å². The lowest BCUT2D eigenvalue weighted by atomic mass is 10.1. The number of hydrogen-bond donors (Lipinski definition) is 0. The first kappa shape index (κ1) is 17.3. The molecule has 0 N–H and O–H groups in total. The van der Waals surface area contributed by atoms with Crippen LogP contribution in [0.5, 0.6) is 0 Å². The largest absolute Gasteiger partial charge is 0.370 e. The van der Waals surface area contributed by atoms with Crippen LogP contribution in [0, 0.1) is 0 Å². The fourth-order valence-electron chi connectivity index (χ4n) is 3.14. The van der Waals surface area contributed by atoms with Crippen LogP contribution < -0.4 is 0 Å². The Morgan fingerprint density at radius 3 is 2.85 bits per heavy atom. The lowest BCUT2D eigenvalue weighted by molar-refractivity contribution is -0.0228. The van der Waals surface area contributed by atoms with Gasteiger partial charge in [-0.05, 0) is 42.0 Å². The summed E-state index contributed by atoms with van der Waals surface area (Å²) < 4.78 is 5.84. The molecule has 4 nitrogen and oxygen atoms in total. The van der Waals surface area contributed by atoms with Gasteiger partial charge in [-0.25, -0.2) is 0 Å². The molecule has 1 aliphatic rings. The number of fused-ring (bicyclic) bond motifs is 1. The summed E-state index contributed by atoms with van der Waals surface area (Å²) in [4.78, 5) is 19.1. The zero-order valence-corrected chi connectivity index (χ0v) is 15.4. The third-order valence-corrected chi connectivity index (χ3v) is 5.26. The number of benzene rings is 2. The number of ether oxygens (including phenoxy) is 1. The Balaban J connectivity index is 1.56. The van der Waals surface area contributed by atoms with Crippen molar-refractivity contribution in [3.63, 3.8) is 0 Å². The third-order valence-electron chi connectivity index (χ3n) is 4.52. The number of aromatic nitrogens is 1. The molecular weight excluding hydrogens is 371 g/mol. The smallest absolute Gasteiger partial charge is 0.254 e. The number of hydrogen-bond acceptors (Lipinski definition) is 3. The van der Waals surface area contributed by atoms with Crippen molar-refractivity contribution >= 4 is 40.0 Å². The molecule has 1 saturated heterocycles. The molecule has 4 rings (SSSR count). The van der Waals surface area contributed by atoms with E-state index in [-0.39, 0.29) is 12.0 Å². The van der Waals surface area contributed by atoms with E-state index in [2.05, 4.69) is 4.98 Å². The van der Waals surface area contributed by atoms with Crippen molar-refractivity contribution in [3.8, 4) is 0 Å². The van der Waals surface area contributed by atoms with Gasteiger partial charge in [-0.3, -0.25) is 9.78 Å². The molecular formula is C20H16Cl2N2O2. The van der Waals surface area contributed by atoms with Crippen molar-refractivity contribution in [2.24, 2.45) is 0 Å². The molecule has 0 bridgehead atoms. The highest BCUT2D eigenvalue weighted by Crippen LogP contribution is 2.29. The molecule has 1 aliphatic heterocycles. The summed E-state index contributed by atoms with van der Waals surface area (Å²) in [5, 5.41) is 1.94. The summed E-state index contributed by atoms with van der Waals surface area (Å²) in [5.41, 5.74) is 2.44. The minimum atomic E-state index is -0.218. The van der Waals surface area contributed by atoms with Gasteiger partial charge in [0.2, 0.25) is 0 Å². The van der Waals surface area contributed by atoms with Crippen molar-refractivity contribution in [1.82, 2.24) is 9.88 Å². The first-order chi connectivity index (χ1) is 12.6. The molecule has 0 saturated carbocycles. The Kier molecular flexibility index (Phi) is 4.81. The highest BCUT2D eigenvalue weighted by molar-refractivity contribution is 6.42. The van der Waals surface area contributed by atoms with Gasteiger partial charge in [-0.1, -0.05) is 35.3 Å². The number of pyridine rings is 1. The Morgan fingerprint density at radius 1 is 1.12 bits per heavy atom. The molecule has 132 valence electrons. The standard InChI is InChI=1S/C20H16Cl2N2O2/c21-16-5-3-14(11-17(16)22)19-12-24(8-9-26-19)20(25)15-4-6-18-13(10-15)2-1-7-23-18/h1-7,10-11,19H,8-9,12H2/t19-/m0/s1. The zero-order valence-electron chi connectivity index (χ0n) is 13.9. The Morgan fingerprint density at radius 2 is 2.00 bits per heavy atom. The van der Waals surface area contributed by atoms with Crippen LogP contribution in [0.15, 0.2) is 54.7 Å². The van der Waals surface area contributed by atoms with Crippen LogP contribution in [0.3, 0.4) is 0 Å². The topological polar surface area (TPSA) is 42.4 Å². The molecule has 1 amide bonds. The summed E-state index contributed by atoms with van der Waals surface area (Å²) in [6, 6.07) is 14.8. The van der Waals surface area contributed by atoms with Crippen LogP contribution in [0.4, 0.5) is 0 Å². The normalized spacial score (nSPS) is 17.5. The van der Waals surface area contributed by atoms with E-state index < -0.39 is 0 Å². The second-order valence-corrected chi connectivity index (χ2v) is 7.01. The Labute approximate surface area is 161 Å². The van der Waals surface area contributed by atoms with E-state index in [0.29, 0.717) is 35.3 Å². The van der Waals surface area contributed by atoms with Gasteiger partial charge in [0, 0.05) is 23.7 Å². The van der Waals surface area contributed by atoms with E-state index >= 15 is 0 Å². The van der Waals surface area contributed by atoms with Crippen LogP contribution in [-0.2, 0) is 4.74 Å². The molecule has 0 spiro atoms. The van der Waals surface area contributed by atoms with Gasteiger partial charge in [-0.15, -0.1) is 0 Å². The third kappa shape index (κ3) is 3.40. The highest BCUT2D eigenvalue weighted by atomic mass is 35.5. The van der Waals surface area contributed by atoms with Crippen LogP contribution in [-0.4, -0.2) is 35.5 Å². The molecule has 2 heterocycles. The van der Waals surface area contributed by atoms with E-state index in [9.17, 15) is 4.79 Å². The number of rotatable bonds is 2. The van der Waals surface area contributed by atoms with E-state index in [1.54, 1.807) is 18.3 Å². The number of carbonyl (C=O) groups excluding carboxylic acids is 1. The fraction of sp³-hybridized carbons (Fsp3) is 0.200. The maximum atomic E-state index is 12.9. The summed E-state index contributed by atoms with van der Waals surface area (Å²) >= 11 is 12.1. The summed E-state index contributed by atoms with van der Waals surface area (Å²) in [7, 11) is 0. The lowest BCUT2D eigenvalue weighted by Crippen LogP contribution is -2.42. The van der Waals surface area contributed by atoms with Crippen molar-refractivity contribution in [3.05, 3.63) is 75.9 Å². The fourth-order valence-corrected chi connectivity index (χ4v) is 3.45. The van der Waals surface area contributed by atoms with E-state index in [1.165, 1.54) is 0 Å². The maximum Gasteiger partial charge on any atom is 0.254 e. The van der Waals surface area contributed by atoms with E-state index in [1.807, 2.05) is 41.3 Å². The molecule has 0 aliphatic carbocycles. The van der Waals surface area contributed by atoms with Crippen LogP contribution in [0.1, 0.15) is 22.0 Å². The van der Waals surface area contributed by atoms with Crippen LogP contribution >= 0.6 is 23.2 Å². The quantitative estimate of drug-likeness (QED) is 0.637. The number of amides is 1. The van der Waals surface area contributed by atoms with Crippen LogP contribution in [0.25, 0.3) is 10.9 Å². The average Bonchev–Trinajstić information content (AvgIpc) is 2.69. The minimum Gasteiger partial charge on any atom is -0.370 e. The molecule has 0 unspecified atom stereocenters. The molecule has 2 aromatic carbocycles. The minimum absolute atomic E-state index is 0.0101. The van der Waals surface area contributed by atoms with Gasteiger partial charge in [0.05, 0.1) is 28.7 Å². The van der Waals surface area contributed by atoms with Gasteiger partial charge in [0.1, 0.15) is 6.10 Å². The molecule has 26 heavy (non-hydrogen) atoms. The SMILES string of the molecule is O=C(c1ccc2ncccc2c1)N1CCO[C@H](c2ccc(Cl)c(Cl)c2)C1. The molecule has 0 radical (unpaired) electrons. The molecule has 1 aromatic heterocycles. The zero-order chi connectivity index (χ0) is 18.1. The second kappa shape index (κ2) is 7.23. The highest BCUT2D eigenvalue weighted by Gasteiger charge is 2.26. The van der Waals surface area contributed by atoms with Crippen molar-refractivity contribution in [2.75, 3.05) is 19.7 Å². The van der Waals surface area contributed by atoms with Crippen molar-refractivity contribution in [1.29, 1.82) is 0 Å². The maximum absolute atomic E-state index is 12.9. The number of morpholine rings is 1. The van der Waals surface area contributed by atoms with Crippen molar-refractivity contribution < 1.29 is 9.53 Å².